The lowest BCUT2D eigenvalue weighted by molar-refractivity contribution is -0.150. The molecule has 10 nitrogen and oxygen atoms in total. The second-order valence-electron chi connectivity index (χ2n) is 11.8. The van der Waals surface area contributed by atoms with Crippen molar-refractivity contribution in [1.82, 2.24) is 15.5 Å². The fourth-order valence-corrected chi connectivity index (χ4v) is 4.37. The zero-order valence-electron chi connectivity index (χ0n) is 24.2. The van der Waals surface area contributed by atoms with Gasteiger partial charge in [0.15, 0.2) is 6.10 Å². The van der Waals surface area contributed by atoms with E-state index >= 15 is 0 Å². The standard InChI is InChI=1S/C29H45N3O7/c1-18(2)16-21(25(34)31-23(19(3)4)27(36)38-17-20-12-9-8-10-13-20)30-26(35)24(33)22-14-11-15-32(22)28(37)39-29(5,6)7/h8-10,12-13,18-19,21-24,33H,11,14-17H2,1-7H3,(H,30,35)(H,31,34)/t21-,22+,23+,24?/m1/s1. The van der Waals surface area contributed by atoms with Crippen LogP contribution in [0.4, 0.5) is 4.79 Å². The molecule has 1 saturated heterocycles. The van der Waals surface area contributed by atoms with Gasteiger partial charge in [0.1, 0.15) is 24.3 Å². The highest BCUT2D eigenvalue weighted by molar-refractivity contribution is 5.92. The van der Waals surface area contributed by atoms with Gasteiger partial charge in [-0.25, -0.2) is 9.59 Å². The predicted octanol–water partition coefficient (Wildman–Crippen LogP) is 3.16. The molecule has 10 heteroatoms. The Hall–Kier alpha value is -3.14. The molecule has 4 atom stereocenters. The van der Waals surface area contributed by atoms with Crippen LogP contribution in [-0.4, -0.2) is 70.3 Å². The largest absolute Gasteiger partial charge is 0.459 e. The Bertz CT molecular complexity index is 975. The summed E-state index contributed by atoms with van der Waals surface area (Å²) in [5.41, 5.74) is 0.110. The van der Waals surface area contributed by atoms with Crippen LogP contribution in [-0.2, 0) is 30.5 Å². The normalized spacial score (nSPS) is 17.9. The van der Waals surface area contributed by atoms with E-state index in [-0.39, 0.29) is 24.9 Å². The van der Waals surface area contributed by atoms with E-state index < -0.39 is 53.7 Å². The van der Waals surface area contributed by atoms with Crippen LogP contribution in [0.2, 0.25) is 0 Å². The number of benzene rings is 1. The lowest BCUT2D eigenvalue weighted by Gasteiger charge is -2.31. The van der Waals surface area contributed by atoms with Gasteiger partial charge >= 0.3 is 12.1 Å². The number of carbonyl (C=O) groups excluding carboxylic acids is 4. The van der Waals surface area contributed by atoms with Gasteiger partial charge in [0.05, 0.1) is 6.04 Å². The van der Waals surface area contributed by atoms with E-state index in [1.54, 1.807) is 34.6 Å². The summed E-state index contributed by atoms with van der Waals surface area (Å²) in [7, 11) is 0. The molecule has 39 heavy (non-hydrogen) atoms. The molecule has 1 unspecified atom stereocenters. The summed E-state index contributed by atoms with van der Waals surface area (Å²) in [6.45, 7) is 13.1. The maximum Gasteiger partial charge on any atom is 0.410 e. The summed E-state index contributed by atoms with van der Waals surface area (Å²) >= 11 is 0. The fourth-order valence-electron chi connectivity index (χ4n) is 4.37. The van der Waals surface area contributed by atoms with Crippen molar-refractivity contribution in [3.63, 3.8) is 0 Å². The third-order valence-electron chi connectivity index (χ3n) is 6.34. The molecule has 1 fully saturated rings. The summed E-state index contributed by atoms with van der Waals surface area (Å²) in [5.74, 6) is -2.11. The van der Waals surface area contributed by atoms with Crippen LogP contribution in [0.3, 0.4) is 0 Å². The van der Waals surface area contributed by atoms with Crippen LogP contribution in [0.25, 0.3) is 0 Å². The zero-order valence-corrected chi connectivity index (χ0v) is 24.2. The molecule has 0 aromatic heterocycles. The van der Waals surface area contributed by atoms with Crippen molar-refractivity contribution in [3.05, 3.63) is 35.9 Å². The van der Waals surface area contributed by atoms with Gasteiger partial charge in [-0.2, -0.15) is 0 Å². The quantitative estimate of drug-likeness (QED) is 0.362. The number of aliphatic hydroxyl groups excluding tert-OH is 1. The molecular weight excluding hydrogens is 502 g/mol. The number of likely N-dealkylation sites (tertiary alicyclic amines) is 1. The van der Waals surface area contributed by atoms with E-state index in [0.717, 1.165) is 5.56 Å². The number of aliphatic hydroxyl groups is 1. The van der Waals surface area contributed by atoms with Crippen LogP contribution >= 0.6 is 0 Å². The molecule has 0 bridgehead atoms. The Morgan fingerprint density at radius 2 is 1.67 bits per heavy atom. The number of carbonyl (C=O) groups is 4. The maximum atomic E-state index is 13.3. The van der Waals surface area contributed by atoms with Crippen LogP contribution in [0, 0.1) is 11.8 Å². The maximum absolute atomic E-state index is 13.3. The SMILES string of the molecule is CC(C)C[C@@H](NC(=O)C(O)[C@@H]1CCCN1C(=O)OC(C)(C)C)C(=O)N[C@H](C(=O)OCc1ccccc1)C(C)C. The van der Waals surface area contributed by atoms with E-state index in [1.165, 1.54) is 4.90 Å². The van der Waals surface area contributed by atoms with Crippen molar-refractivity contribution < 1.29 is 33.8 Å². The lowest BCUT2D eigenvalue weighted by Crippen LogP contribution is -2.57. The van der Waals surface area contributed by atoms with Gasteiger partial charge in [0.25, 0.3) is 5.91 Å². The first kappa shape index (κ1) is 32.1. The van der Waals surface area contributed by atoms with E-state index in [2.05, 4.69) is 10.6 Å². The van der Waals surface area contributed by atoms with Gasteiger partial charge in [-0.05, 0) is 57.4 Å². The average molecular weight is 548 g/mol. The van der Waals surface area contributed by atoms with Crippen LogP contribution < -0.4 is 10.6 Å². The highest BCUT2D eigenvalue weighted by Crippen LogP contribution is 2.23. The second-order valence-corrected chi connectivity index (χ2v) is 11.8. The van der Waals surface area contributed by atoms with Crippen molar-refractivity contribution in [2.75, 3.05) is 6.54 Å². The summed E-state index contributed by atoms with van der Waals surface area (Å²) in [6, 6.07) is 6.55. The molecule has 1 heterocycles. The molecular formula is C29H45N3O7. The summed E-state index contributed by atoms with van der Waals surface area (Å²) in [4.78, 5) is 53.2. The zero-order chi connectivity index (χ0) is 29.3. The Morgan fingerprint density at radius 1 is 1.03 bits per heavy atom. The highest BCUT2D eigenvalue weighted by atomic mass is 16.6. The molecule has 3 amide bonds. The van der Waals surface area contributed by atoms with Crippen LogP contribution in [0.1, 0.15) is 73.3 Å². The van der Waals surface area contributed by atoms with Gasteiger partial charge in [0, 0.05) is 6.54 Å². The van der Waals surface area contributed by atoms with Crippen molar-refractivity contribution in [2.45, 2.75) is 104 Å². The van der Waals surface area contributed by atoms with E-state index in [1.807, 2.05) is 44.2 Å². The molecule has 0 spiro atoms. The predicted molar refractivity (Wildman–Crippen MR) is 146 cm³/mol. The minimum Gasteiger partial charge on any atom is -0.459 e. The first-order valence-electron chi connectivity index (χ1n) is 13.7. The number of nitrogens with one attached hydrogen (secondary N) is 2. The summed E-state index contributed by atoms with van der Waals surface area (Å²) < 4.78 is 10.9. The first-order chi connectivity index (χ1) is 18.2. The van der Waals surface area contributed by atoms with Crippen molar-refractivity contribution in [1.29, 1.82) is 0 Å². The monoisotopic (exact) mass is 547 g/mol. The van der Waals surface area contributed by atoms with Gasteiger partial charge in [-0.15, -0.1) is 0 Å². The minimum absolute atomic E-state index is 0.0328. The third kappa shape index (κ3) is 10.2. The second kappa shape index (κ2) is 14.3. The topological polar surface area (TPSA) is 134 Å². The van der Waals surface area contributed by atoms with Crippen LogP contribution in [0.5, 0.6) is 0 Å². The summed E-state index contributed by atoms with van der Waals surface area (Å²) in [5, 5.41) is 16.2. The Balaban J connectivity index is 2.07. The number of esters is 1. The number of hydrogen-bond acceptors (Lipinski definition) is 7. The Morgan fingerprint density at radius 3 is 2.23 bits per heavy atom. The Labute approximate surface area is 231 Å². The number of ether oxygens (including phenoxy) is 2. The molecule has 1 aliphatic heterocycles. The molecule has 1 aliphatic rings. The Kier molecular flexibility index (Phi) is 11.8. The fraction of sp³-hybridized carbons (Fsp3) is 0.655. The number of hydrogen-bond donors (Lipinski definition) is 3. The average Bonchev–Trinajstić information content (AvgIpc) is 3.34. The smallest absolute Gasteiger partial charge is 0.410 e. The first-order valence-corrected chi connectivity index (χ1v) is 13.7. The number of amides is 3. The van der Waals surface area contributed by atoms with E-state index in [0.29, 0.717) is 19.4 Å². The van der Waals surface area contributed by atoms with Crippen molar-refractivity contribution >= 4 is 23.9 Å². The lowest BCUT2D eigenvalue weighted by atomic mass is 9.99. The molecule has 218 valence electrons. The van der Waals surface area contributed by atoms with Crippen LogP contribution in [0.15, 0.2) is 30.3 Å². The molecule has 0 aliphatic carbocycles. The van der Waals surface area contributed by atoms with Gasteiger partial charge in [-0.3, -0.25) is 9.59 Å². The van der Waals surface area contributed by atoms with Gasteiger partial charge in [-0.1, -0.05) is 58.0 Å². The van der Waals surface area contributed by atoms with Crippen molar-refractivity contribution in [3.8, 4) is 0 Å². The van der Waals surface area contributed by atoms with Gasteiger partial charge < -0.3 is 30.1 Å². The van der Waals surface area contributed by atoms with E-state index in [4.69, 9.17) is 9.47 Å². The number of rotatable bonds is 11. The van der Waals surface area contributed by atoms with E-state index in [9.17, 15) is 24.3 Å². The van der Waals surface area contributed by atoms with Gasteiger partial charge in [0.2, 0.25) is 5.91 Å². The minimum atomic E-state index is -1.54. The third-order valence-corrected chi connectivity index (χ3v) is 6.34. The van der Waals surface area contributed by atoms with Crippen molar-refractivity contribution in [2.24, 2.45) is 11.8 Å². The molecule has 0 saturated carbocycles. The molecule has 3 N–H and O–H groups in total. The summed E-state index contributed by atoms with van der Waals surface area (Å²) in [6.07, 6.45) is -0.807. The molecule has 1 aromatic carbocycles. The number of nitrogens with zero attached hydrogens (tertiary/aromatic N) is 1. The molecule has 0 radical (unpaired) electrons. The molecule has 2 rings (SSSR count). The highest BCUT2D eigenvalue weighted by Gasteiger charge is 2.40. The molecule has 1 aromatic rings.